The monoisotopic (exact) mass is 481 g/mol. The molecule has 0 unspecified atom stereocenters. The van der Waals surface area contributed by atoms with Gasteiger partial charge in [-0.2, -0.15) is 0 Å². The topological polar surface area (TPSA) is 88.7 Å². The number of halogens is 5. The molecule has 4 atom stereocenters. The van der Waals surface area contributed by atoms with Crippen LogP contribution in [-0.4, -0.2) is 55.6 Å². The molecular weight excluding hydrogens is 458 g/mol. The average molecular weight is 482 g/mol. The Labute approximate surface area is 187 Å². The minimum atomic E-state index is -4.68. The van der Waals surface area contributed by atoms with Crippen LogP contribution in [0, 0.1) is 5.82 Å². The van der Waals surface area contributed by atoms with Gasteiger partial charge in [0.1, 0.15) is 11.6 Å². The number of ether oxygens (including phenoxy) is 2. The van der Waals surface area contributed by atoms with E-state index in [1.165, 1.54) is 12.1 Å². The first-order valence-corrected chi connectivity index (χ1v) is 10.6. The lowest BCUT2D eigenvalue weighted by Gasteiger charge is -2.30. The Morgan fingerprint density at radius 2 is 1.88 bits per heavy atom. The van der Waals surface area contributed by atoms with Crippen LogP contribution in [0.1, 0.15) is 32.1 Å². The molecule has 0 bridgehead atoms. The van der Waals surface area contributed by atoms with E-state index in [4.69, 9.17) is 16.3 Å². The van der Waals surface area contributed by atoms with E-state index >= 15 is 0 Å². The number of carbonyl (C=O) groups excluding carboxylic acids is 2. The average Bonchev–Trinajstić information content (AvgIpc) is 3.14. The zero-order valence-electron chi connectivity index (χ0n) is 17.0. The summed E-state index contributed by atoms with van der Waals surface area (Å²) in [6, 6.07) is 2.81. The maximum atomic E-state index is 13.4. The third-order valence-electron chi connectivity index (χ3n) is 5.39. The molecule has 12 heteroatoms. The fourth-order valence-electron chi connectivity index (χ4n) is 3.86. The van der Waals surface area contributed by atoms with Crippen molar-refractivity contribution in [3.8, 4) is 5.75 Å². The number of amides is 2. The van der Waals surface area contributed by atoms with Gasteiger partial charge in [0.05, 0.1) is 17.2 Å². The summed E-state index contributed by atoms with van der Waals surface area (Å²) in [5.41, 5.74) is 0. The van der Waals surface area contributed by atoms with Crippen LogP contribution in [0.25, 0.3) is 0 Å². The van der Waals surface area contributed by atoms with E-state index in [2.05, 4.69) is 20.7 Å². The summed E-state index contributed by atoms with van der Waals surface area (Å²) in [6.07, 6.45) is -3.84. The second-order valence-corrected chi connectivity index (χ2v) is 8.28. The molecule has 1 aliphatic carbocycles. The van der Waals surface area contributed by atoms with E-state index in [9.17, 15) is 27.2 Å². The molecule has 3 rings (SSSR count). The van der Waals surface area contributed by atoms with Gasteiger partial charge in [-0.15, -0.1) is 13.2 Å². The predicted octanol–water partition coefficient (Wildman–Crippen LogP) is 2.67. The van der Waals surface area contributed by atoms with Crippen LogP contribution in [-0.2, 0) is 14.3 Å². The number of alkyl halides is 3. The highest BCUT2D eigenvalue weighted by atomic mass is 35.5. The van der Waals surface area contributed by atoms with Crippen LogP contribution in [0.15, 0.2) is 18.2 Å². The summed E-state index contributed by atoms with van der Waals surface area (Å²) in [5.74, 6) is -1.14. The van der Waals surface area contributed by atoms with Crippen LogP contribution >= 0.6 is 11.6 Å². The van der Waals surface area contributed by atoms with Crippen LogP contribution in [0.2, 0.25) is 5.02 Å². The highest BCUT2D eigenvalue weighted by molar-refractivity contribution is 6.30. The molecule has 1 saturated carbocycles. The van der Waals surface area contributed by atoms with E-state index in [-0.39, 0.29) is 48.2 Å². The summed E-state index contributed by atoms with van der Waals surface area (Å²) in [5, 5.41) is 8.54. The van der Waals surface area contributed by atoms with Crippen molar-refractivity contribution >= 4 is 23.4 Å². The van der Waals surface area contributed by atoms with Gasteiger partial charge in [-0.1, -0.05) is 11.6 Å². The number of benzene rings is 1. The van der Waals surface area contributed by atoms with Crippen LogP contribution < -0.4 is 20.7 Å². The maximum absolute atomic E-state index is 13.4. The molecule has 7 nitrogen and oxygen atoms in total. The first-order valence-electron chi connectivity index (χ1n) is 10.2. The SMILES string of the molecule is O=C(COc1ccc(Cl)c(F)c1)N[C@H]1CC[C@H](C(=O)N[C@@H]2CC[C@@H](OC(F)(F)F)C2)NC1. The molecule has 2 amide bonds. The quantitative estimate of drug-likeness (QED) is 0.521. The van der Waals surface area contributed by atoms with Crippen LogP contribution in [0.4, 0.5) is 17.6 Å². The van der Waals surface area contributed by atoms with Crippen LogP contribution in [0.3, 0.4) is 0 Å². The zero-order valence-corrected chi connectivity index (χ0v) is 17.8. The first kappa shape index (κ1) is 24.5. The molecule has 32 heavy (non-hydrogen) atoms. The predicted molar refractivity (Wildman–Crippen MR) is 107 cm³/mol. The number of rotatable bonds is 7. The lowest BCUT2D eigenvalue weighted by atomic mass is 9.99. The summed E-state index contributed by atoms with van der Waals surface area (Å²) in [4.78, 5) is 24.5. The third kappa shape index (κ3) is 7.49. The Kier molecular flexibility index (Phi) is 8.18. The van der Waals surface area contributed by atoms with Crippen molar-refractivity contribution in [2.24, 2.45) is 0 Å². The molecule has 1 saturated heterocycles. The Morgan fingerprint density at radius 1 is 1.12 bits per heavy atom. The van der Waals surface area contributed by atoms with Crippen molar-refractivity contribution in [2.75, 3.05) is 13.2 Å². The molecule has 178 valence electrons. The highest BCUT2D eigenvalue weighted by Gasteiger charge is 2.38. The number of piperidine rings is 1. The van der Waals surface area contributed by atoms with E-state index in [0.717, 1.165) is 6.07 Å². The summed E-state index contributed by atoms with van der Waals surface area (Å²) < 4.78 is 59.6. The van der Waals surface area contributed by atoms with Gasteiger partial charge < -0.3 is 20.7 Å². The Bertz CT molecular complexity index is 819. The summed E-state index contributed by atoms with van der Waals surface area (Å²) in [6.45, 7) is 0.0498. The van der Waals surface area contributed by atoms with Gasteiger partial charge in [-0.3, -0.25) is 14.3 Å². The Hall–Kier alpha value is -2.11. The van der Waals surface area contributed by atoms with Crippen molar-refractivity contribution in [3.63, 3.8) is 0 Å². The second-order valence-electron chi connectivity index (χ2n) is 7.87. The smallest absolute Gasteiger partial charge is 0.484 e. The molecule has 1 aromatic rings. The molecule has 0 aromatic heterocycles. The van der Waals surface area contributed by atoms with E-state index < -0.39 is 30.2 Å². The van der Waals surface area contributed by atoms with Crippen molar-refractivity contribution in [1.82, 2.24) is 16.0 Å². The van der Waals surface area contributed by atoms with Gasteiger partial charge in [0.2, 0.25) is 5.91 Å². The minimum Gasteiger partial charge on any atom is -0.484 e. The maximum Gasteiger partial charge on any atom is 0.522 e. The highest BCUT2D eigenvalue weighted by Crippen LogP contribution is 2.29. The molecule has 3 N–H and O–H groups in total. The number of hydrogen-bond donors (Lipinski definition) is 3. The van der Waals surface area contributed by atoms with Crippen molar-refractivity contribution < 1.29 is 36.6 Å². The Morgan fingerprint density at radius 3 is 2.53 bits per heavy atom. The molecular formula is C20H24ClF4N3O4. The molecule has 2 aliphatic rings. The molecule has 0 radical (unpaired) electrons. The minimum absolute atomic E-state index is 0.0453. The summed E-state index contributed by atoms with van der Waals surface area (Å²) >= 11 is 5.59. The standard InChI is InChI=1S/C20H24ClF4N3O4/c21-15-5-4-13(8-16(15)22)31-10-18(29)27-12-2-6-17(26-9-12)19(30)28-11-1-3-14(7-11)32-20(23,24)25/h4-5,8,11-12,14,17,26H,1-3,6-7,9-10H2,(H,27,29)(H,28,30)/t11-,12+,14-,17-/m1/s1. The molecule has 1 aliphatic heterocycles. The third-order valence-corrected chi connectivity index (χ3v) is 5.69. The van der Waals surface area contributed by atoms with Crippen molar-refractivity contribution in [1.29, 1.82) is 0 Å². The Balaban J connectivity index is 1.34. The van der Waals surface area contributed by atoms with Gasteiger partial charge in [0, 0.05) is 24.7 Å². The first-order chi connectivity index (χ1) is 15.1. The van der Waals surface area contributed by atoms with Crippen molar-refractivity contribution in [3.05, 3.63) is 29.0 Å². The fourth-order valence-corrected chi connectivity index (χ4v) is 3.97. The lowest BCUT2D eigenvalue weighted by Crippen LogP contribution is -2.55. The number of nitrogens with one attached hydrogen (secondary N) is 3. The molecule has 0 spiro atoms. The van der Waals surface area contributed by atoms with Gasteiger partial charge >= 0.3 is 6.36 Å². The second kappa shape index (κ2) is 10.7. The molecule has 1 aromatic carbocycles. The lowest BCUT2D eigenvalue weighted by molar-refractivity contribution is -0.341. The summed E-state index contributed by atoms with van der Waals surface area (Å²) in [7, 11) is 0. The largest absolute Gasteiger partial charge is 0.522 e. The fraction of sp³-hybridized carbons (Fsp3) is 0.600. The van der Waals surface area contributed by atoms with E-state index in [1.807, 2.05) is 0 Å². The van der Waals surface area contributed by atoms with Gasteiger partial charge in [0.25, 0.3) is 5.91 Å². The van der Waals surface area contributed by atoms with Crippen LogP contribution in [0.5, 0.6) is 5.75 Å². The van der Waals surface area contributed by atoms with E-state index in [0.29, 0.717) is 25.8 Å². The number of carbonyl (C=O) groups is 2. The molecule has 1 heterocycles. The van der Waals surface area contributed by atoms with Gasteiger partial charge in [-0.25, -0.2) is 4.39 Å². The van der Waals surface area contributed by atoms with Gasteiger partial charge in [-0.05, 0) is 44.2 Å². The normalized spacial score (nSPS) is 25.9. The van der Waals surface area contributed by atoms with Gasteiger partial charge in [0.15, 0.2) is 6.61 Å². The molecule has 2 fully saturated rings. The van der Waals surface area contributed by atoms with E-state index in [1.54, 1.807) is 0 Å². The zero-order chi connectivity index (χ0) is 23.3. The number of hydrogen-bond acceptors (Lipinski definition) is 5. The van der Waals surface area contributed by atoms with Crippen molar-refractivity contribution in [2.45, 2.75) is 62.7 Å².